The van der Waals surface area contributed by atoms with Gasteiger partial charge in [-0.15, -0.1) is 0 Å². The zero-order valence-electron chi connectivity index (χ0n) is 7.94. The lowest BCUT2D eigenvalue weighted by atomic mass is 9.52. The molecule has 10 heavy (non-hydrogen) atoms. The zero-order chi connectivity index (χ0) is 7.94. The Balaban J connectivity index is 2.55. The van der Waals surface area contributed by atoms with Gasteiger partial charge >= 0.3 is 0 Å². The Morgan fingerprint density at radius 3 is 1.90 bits per heavy atom. The van der Waals surface area contributed by atoms with Gasteiger partial charge in [0.05, 0.1) is 0 Å². The van der Waals surface area contributed by atoms with E-state index in [1.54, 1.807) is 0 Å². The summed E-state index contributed by atoms with van der Waals surface area (Å²) in [6.07, 6.45) is 1.45. The average molecular weight is 140 g/mol. The molecule has 0 unspecified atom stereocenters. The van der Waals surface area contributed by atoms with Gasteiger partial charge < -0.3 is 0 Å². The van der Waals surface area contributed by atoms with Crippen LogP contribution in [0.2, 0.25) is 0 Å². The lowest BCUT2D eigenvalue weighted by molar-refractivity contribution is -0.0375. The maximum Gasteiger partial charge on any atom is -0.0298 e. The molecule has 0 saturated heterocycles. The molecule has 0 aromatic heterocycles. The van der Waals surface area contributed by atoms with E-state index in [9.17, 15) is 0 Å². The van der Waals surface area contributed by atoms with Gasteiger partial charge in [-0.05, 0) is 29.6 Å². The molecular formula is C10H20. The summed E-state index contributed by atoms with van der Waals surface area (Å²) in [7, 11) is 0. The second-order valence-electron chi connectivity index (χ2n) is 4.81. The van der Waals surface area contributed by atoms with E-state index in [-0.39, 0.29) is 0 Å². The highest BCUT2D eigenvalue weighted by molar-refractivity contribution is 4.95. The molecule has 0 radical (unpaired) electrons. The molecule has 0 heteroatoms. The van der Waals surface area contributed by atoms with E-state index in [0.717, 1.165) is 17.8 Å². The van der Waals surface area contributed by atoms with Gasteiger partial charge in [-0.3, -0.25) is 0 Å². The summed E-state index contributed by atoms with van der Waals surface area (Å²) in [5.74, 6) is 2.80. The largest absolute Gasteiger partial charge is 0.0625 e. The van der Waals surface area contributed by atoms with E-state index in [1.807, 2.05) is 0 Å². The topological polar surface area (TPSA) is 0 Å². The van der Waals surface area contributed by atoms with Gasteiger partial charge in [0.2, 0.25) is 0 Å². The normalized spacial score (nSPS) is 37.8. The van der Waals surface area contributed by atoms with Crippen molar-refractivity contribution in [2.24, 2.45) is 23.2 Å². The number of hydrogen-bond donors (Lipinski definition) is 0. The molecule has 0 aromatic rings. The van der Waals surface area contributed by atoms with Crippen molar-refractivity contribution in [3.8, 4) is 0 Å². The smallest absolute Gasteiger partial charge is 0.0298 e. The summed E-state index contributed by atoms with van der Waals surface area (Å²) < 4.78 is 0. The van der Waals surface area contributed by atoms with Gasteiger partial charge in [-0.2, -0.15) is 0 Å². The van der Waals surface area contributed by atoms with E-state index in [1.165, 1.54) is 6.42 Å². The molecule has 0 amide bonds. The van der Waals surface area contributed by atoms with Crippen molar-refractivity contribution in [1.29, 1.82) is 0 Å². The Morgan fingerprint density at radius 1 is 1.30 bits per heavy atom. The molecule has 1 fully saturated rings. The first kappa shape index (κ1) is 8.10. The molecule has 0 bridgehead atoms. The third-order valence-corrected chi connectivity index (χ3v) is 3.64. The summed E-state index contributed by atoms with van der Waals surface area (Å²) in [6.45, 7) is 11.9. The van der Waals surface area contributed by atoms with Crippen molar-refractivity contribution >= 4 is 0 Å². The Morgan fingerprint density at radius 2 is 1.80 bits per heavy atom. The maximum atomic E-state index is 2.41. The van der Waals surface area contributed by atoms with E-state index in [4.69, 9.17) is 0 Å². The lowest BCUT2D eigenvalue weighted by Gasteiger charge is -2.53. The molecule has 0 heterocycles. The molecular weight excluding hydrogens is 120 g/mol. The molecule has 0 N–H and O–H groups in total. The molecule has 1 aliphatic rings. The maximum absolute atomic E-state index is 2.41. The van der Waals surface area contributed by atoms with E-state index in [2.05, 4.69) is 34.6 Å². The van der Waals surface area contributed by atoms with Crippen molar-refractivity contribution in [3.63, 3.8) is 0 Å². The molecule has 0 nitrogen and oxygen atoms in total. The van der Waals surface area contributed by atoms with Gasteiger partial charge in [0, 0.05) is 0 Å². The highest BCUT2D eigenvalue weighted by Crippen LogP contribution is 2.53. The summed E-state index contributed by atoms with van der Waals surface area (Å²) in [5, 5.41) is 0. The first-order valence-electron chi connectivity index (χ1n) is 4.46. The van der Waals surface area contributed by atoms with Crippen LogP contribution in [0, 0.1) is 23.2 Å². The minimum Gasteiger partial charge on any atom is -0.0625 e. The third kappa shape index (κ3) is 0.980. The van der Waals surface area contributed by atoms with Crippen LogP contribution >= 0.6 is 0 Å². The van der Waals surface area contributed by atoms with Crippen LogP contribution in [-0.2, 0) is 0 Å². The fraction of sp³-hybridized carbons (Fsp3) is 1.00. The van der Waals surface area contributed by atoms with Crippen molar-refractivity contribution in [1.82, 2.24) is 0 Å². The van der Waals surface area contributed by atoms with Crippen molar-refractivity contribution in [3.05, 3.63) is 0 Å². The predicted octanol–water partition coefficient (Wildman–Crippen LogP) is 3.32. The molecule has 60 valence electrons. The first-order chi connectivity index (χ1) is 4.46. The number of hydrogen-bond acceptors (Lipinski definition) is 0. The van der Waals surface area contributed by atoms with Crippen LogP contribution in [0.4, 0.5) is 0 Å². The van der Waals surface area contributed by atoms with Gasteiger partial charge in [0.15, 0.2) is 0 Å². The van der Waals surface area contributed by atoms with Crippen molar-refractivity contribution in [2.75, 3.05) is 0 Å². The van der Waals surface area contributed by atoms with Crippen molar-refractivity contribution < 1.29 is 0 Å². The fourth-order valence-electron chi connectivity index (χ4n) is 2.32. The number of rotatable bonds is 1. The van der Waals surface area contributed by atoms with Gasteiger partial charge in [-0.25, -0.2) is 0 Å². The van der Waals surface area contributed by atoms with Crippen LogP contribution in [-0.4, -0.2) is 0 Å². The van der Waals surface area contributed by atoms with Crippen LogP contribution in [0.15, 0.2) is 0 Å². The second kappa shape index (κ2) is 2.25. The summed E-state index contributed by atoms with van der Waals surface area (Å²) >= 11 is 0. The monoisotopic (exact) mass is 140 g/mol. The molecule has 0 spiro atoms. The van der Waals surface area contributed by atoms with E-state index < -0.39 is 0 Å². The van der Waals surface area contributed by atoms with Gasteiger partial charge in [-0.1, -0.05) is 34.6 Å². The molecule has 1 rings (SSSR count). The first-order valence-corrected chi connectivity index (χ1v) is 4.46. The van der Waals surface area contributed by atoms with Crippen LogP contribution in [0.3, 0.4) is 0 Å². The Hall–Kier alpha value is 0. The van der Waals surface area contributed by atoms with Crippen LogP contribution < -0.4 is 0 Å². The SMILES string of the molecule is CC(C)[C@@H]1C[C@H](C)C1(C)C. The minimum atomic E-state index is 0.619. The van der Waals surface area contributed by atoms with Crippen LogP contribution in [0.25, 0.3) is 0 Å². The Kier molecular flexibility index (Phi) is 1.82. The van der Waals surface area contributed by atoms with E-state index in [0.29, 0.717) is 5.41 Å². The van der Waals surface area contributed by atoms with Crippen LogP contribution in [0.5, 0.6) is 0 Å². The molecule has 1 aliphatic carbocycles. The Bertz CT molecular complexity index is 122. The van der Waals surface area contributed by atoms with Gasteiger partial charge in [0.1, 0.15) is 0 Å². The van der Waals surface area contributed by atoms with Gasteiger partial charge in [0.25, 0.3) is 0 Å². The van der Waals surface area contributed by atoms with Crippen molar-refractivity contribution in [2.45, 2.75) is 41.0 Å². The molecule has 1 saturated carbocycles. The summed E-state index contributed by atoms with van der Waals surface area (Å²) in [5.41, 5.74) is 0.619. The second-order valence-corrected chi connectivity index (χ2v) is 4.81. The average Bonchev–Trinajstić information content (AvgIpc) is 1.82. The fourth-order valence-corrected chi connectivity index (χ4v) is 2.32. The highest BCUT2D eigenvalue weighted by Gasteiger charge is 2.46. The van der Waals surface area contributed by atoms with E-state index >= 15 is 0 Å². The molecule has 0 aliphatic heterocycles. The Labute approximate surface area is 65.0 Å². The minimum absolute atomic E-state index is 0.619. The van der Waals surface area contributed by atoms with Crippen LogP contribution in [0.1, 0.15) is 41.0 Å². The quantitative estimate of drug-likeness (QED) is 0.524. The standard InChI is InChI=1S/C10H20/c1-7(2)9-6-8(3)10(9,4)5/h7-9H,6H2,1-5H3/t8-,9-/m0/s1. The zero-order valence-corrected chi connectivity index (χ0v) is 7.94. The predicted molar refractivity (Wildman–Crippen MR) is 45.9 cm³/mol. The highest BCUT2D eigenvalue weighted by atomic mass is 14.5. The molecule has 0 aromatic carbocycles. The summed E-state index contributed by atoms with van der Waals surface area (Å²) in [6, 6.07) is 0. The molecule has 2 atom stereocenters. The summed E-state index contributed by atoms with van der Waals surface area (Å²) in [4.78, 5) is 0. The lowest BCUT2D eigenvalue weighted by Crippen LogP contribution is -2.45. The third-order valence-electron chi connectivity index (χ3n) is 3.64.